The van der Waals surface area contributed by atoms with E-state index in [-0.39, 0.29) is 30.9 Å². The first-order valence-corrected chi connectivity index (χ1v) is 12.8. The third-order valence-electron chi connectivity index (χ3n) is 6.25. The number of amides is 4. The van der Waals surface area contributed by atoms with Crippen molar-refractivity contribution in [3.63, 3.8) is 0 Å². The van der Waals surface area contributed by atoms with Crippen LogP contribution >= 0.6 is 11.8 Å². The number of rotatable bonds is 7. The van der Waals surface area contributed by atoms with Crippen LogP contribution in [0.25, 0.3) is 0 Å². The summed E-state index contributed by atoms with van der Waals surface area (Å²) in [6, 6.07) is 18.6. The molecule has 2 aromatic carbocycles. The Hall–Kier alpha value is -3.04. The Bertz CT molecular complexity index is 1010. The summed E-state index contributed by atoms with van der Waals surface area (Å²) in [5, 5.41) is 6.24. The van der Waals surface area contributed by atoms with Crippen molar-refractivity contribution in [1.82, 2.24) is 25.1 Å². The zero-order valence-electron chi connectivity index (χ0n) is 19.6. The first-order valence-electron chi connectivity index (χ1n) is 11.4. The topological polar surface area (TPSA) is 76.2 Å². The molecule has 0 aliphatic carbocycles. The number of carbonyl (C=O) groups is 3. The molecule has 4 rings (SSSR count). The minimum absolute atomic E-state index is 0.0526. The fourth-order valence-corrected chi connectivity index (χ4v) is 5.07. The normalized spacial score (nSPS) is 20.9. The molecule has 2 aliphatic rings. The summed E-state index contributed by atoms with van der Waals surface area (Å²) >= 11 is 1.64. The summed E-state index contributed by atoms with van der Waals surface area (Å²) in [5.41, 5.74) is 2.01. The molecule has 1 N–H and O–H groups in total. The number of hydrazine groups is 1. The van der Waals surface area contributed by atoms with Crippen molar-refractivity contribution >= 4 is 29.6 Å². The third kappa shape index (κ3) is 5.20. The van der Waals surface area contributed by atoms with Gasteiger partial charge in [0.05, 0.1) is 13.1 Å². The molecule has 0 saturated carbocycles. The summed E-state index contributed by atoms with van der Waals surface area (Å²) in [4.78, 5) is 43.4. The van der Waals surface area contributed by atoms with Crippen LogP contribution in [-0.2, 0) is 22.7 Å². The number of nitrogens with one attached hydrogen (secondary N) is 1. The number of benzene rings is 2. The van der Waals surface area contributed by atoms with Gasteiger partial charge >= 0.3 is 6.03 Å². The molecule has 8 nitrogen and oxygen atoms in total. The van der Waals surface area contributed by atoms with Gasteiger partial charge in [-0.25, -0.2) is 14.8 Å². The van der Waals surface area contributed by atoms with Crippen molar-refractivity contribution in [3.05, 3.63) is 71.8 Å². The summed E-state index contributed by atoms with van der Waals surface area (Å²) in [7, 11) is 1.74. The highest BCUT2D eigenvalue weighted by molar-refractivity contribution is 7.98. The lowest BCUT2D eigenvalue weighted by molar-refractivity contribution is -0.187. The Labute approximate surface area is 204 Å². The zero-order valence-corrected chi connectivity index (χ0v) is 20.4. The maximum absolute atomic E-state index is 13.5. The van der Waals surface area contributed by atoms with Crippen molar-refractivity contribution in [1.29, 1.82) is 0 Å². The van der Waals surface area contributed by atoms with Crippen LogP contribution in [0.2, 0.25) is 0 Å². The summed E-state index contributed by atoms with van der Waals surface area (Å²) < 4.78 is 0. The highest BCUT2D eigenvalue weighted by Gasteiger charge is 2.50. The van der Waals surface area contributed by atoms with Crippen molar-refractivity contribution in [2.75, 3.05) is 32.1 Å². The van der Waals surface area contributed by atoms with E-state index in [4.69, 9.17) is 0 Å². The molecular weight excluding hydrogens is 450 g/mol. The Morgan fingerprint density at radius 1 is 1.03 bits per heavy atom. The standard InChI is InChI=1S/C25H31N5O3S/c1-27-18-23(31)29-21(13-14-34-2)24(32)28(16-20-11-7-4-8-12-20)17-22(29)30(27)25(33)26-15-19-9-5-3-6-10-19/h3-12,21-22H,13-18H2,1-2H3,(H,26,33)/t21-,22?/m0/s1. The number of likely N-dealkylation sites (N-methyl/N-ethyl adjacent to an activating group) is 1. The van der Waals surface area contributed by atoms with Gasteiger partial charge in [-0.2, -0.15) is 11.8 Å². The van der Waals surface area contributed by atoms with Gasteiger partial charge in [-0.3, -0.25) is 9.59 Å². The van der Waals surface area contributed by atoms with Crippen LogP contribution in [0.1, 0.15) is 17.5 Å². The highest BCUT2D eigenvalue weighted by Crippen LogP contribution is 2.28. The van der Waals surface area contributed by atoms with E-state index >= 15 is 0 Å². The molecule has 2 aromatic rings. The molecule has 4 amide bonds. The van der Waals surface area contributed by atoms with Gasteiger partial charge in [-0.05, 0) is 29.6 Å². The molecule has 2 heterocycles. The van der Waals surface area contributed by atoms with Crippen molar-refractivity contribution in [3.8, 4) is 0 Å². The van der Waals surface area contributed by atoms with Crippen LogP contribution in [0.4, 0.5) is 4.79 Å². The second kappa shape index (κ2) is 10.9. The lowest BCUT2D eigenvalue weighted by Crippen LogP contribution is -2.75. The van der Waals surface area contributed by atoms with Gasteiger partial charge < -0.3 is 15.1 Å². The fourth-order valence-electron chi connectivity index (χ4n) is 4.61. The molecule has 2 aliphatic heterocycles. The van der Waals surface area contributed by atoms with Crippen LogP contribution in [0, 0.1) is 0 Å². The molecule has 0 radical (unpaired) electrons. The molecule has 0 bridgehead atoms. The predicted molar refractivity (Wildman–Crippen MR) is 132 cm³/mol. The van der Waals surface area contributed by atoms with Gasteiger partial charge in [0.25, 0.3) is 0 Å². The molecule has 34 heavy (non-hydrogen) atoms. The van der Waals surface area contributed by atoms with Gasteiger partial charge in [-0.1, -0.05) is 60.7 Å². The van der Waals surface area contributed by atoms with Gasteiger partial charge in [0, 0.05) is 20.1 Å². The number of thioether (sulfide) groups is 1. The van der Waals surface area contributed by atoms with Crippen molar-refractivity contribution in [2.24, 2.45) is 0 Å². The van der Waals surface area contributed by atoms with E-state index in [0.717, 1.165) is 16.9 Å². The second-order valence-electron chi connectivity index (χ2n) is 8.59. The minimum atomic E-state index is -0.583. The predicted octanol–water partition coefficient (Wildman–Crippen LogP) is 2.38. The molecule has 2 saturated heterocycles. The highest BCUT2D eigenvalue weighted by atomic mass is 32.2. The van der Waals surface area contributed by atoms with Gasteiger partial charge in [0.15, 0.2) is 0 Å². The van der Waals surface area contributed by atoms with Gasteiger partial charge in [0.2, 0.25) is 11.8 Å². The molecule has 0 aromatic heterocycles. The van der Waals surface area contributed by atoms with Crippen LogP contribution in [0.15, 0.2) is 60.7 Å². The Morgan fingerprint density at radius 2 is 1.68 bits per heavy atom. The molecule has 180 valence electrons. The van der Waals surface area contributed by atoms with E-state index in [1.807, 2.05) is 66.9 Å². The molecule has 2 atom stereocenters. The summed E-state index contributed by atoms with van der Waals surface area (Å²) in [6.07, 6.45) is 1.98. The quantitative estimate of drug-likeness (QED) is 0.657. The number of carbonyl (C=O) groups excluding carboxylic acids is 3. The number of nitrogens with zero attached hydrogens (tertiary/aromatic N) is 4. The smallest absolute Gasteiger partial charge is 0.333 e. The largest absolute Gasteiger partial charge is 0.334 e. The monoisotopic (exact) mass is 481 g/mol. The number of urea groups is 1. The lowest BCUT2D eigenvalue weighted by atomic mass is 10.0. The van der Waals surface area contributed by atoms with Crippen molar-refractivity contribution < 1.29 is 14.4 Å². The Morgan fingerprint density at radius 3 is 2.32 bits per heavy atom. The van der Waals surface area contributed by atoms with Crippen molar-refractivity contribution in [2.45, 2.75) is 31.7 Å². The van der Waals surface area contributed by atoms with E-state index in [9.17, 15) is 14.4 Å². The van der Waals surface area contributed by atoms with Crippen LogP contribution < -0.4 is 5.32 Å². The number of hydrogen-bond acceptors (Lipinski definition) is 5. The number of fused-ring (bicyclic) bond motifs is 1. The molecule has 1 unspecified atom stereocenters. The molecule has 2 fully saturated rings. The average molecular weight is 482 g/mol. The average Bonchev–Trinajstić information content (AvgIpc) is 2.84. The van der Waals surface area contributed by atoms with Gasteiger partial charge in [0.1, 0.15) is 12.2 Å². The SMILES string of the molecule is CSCC[C@H]1C(=O)N(Cc2ccccc2)CC2N1C(=O)CN(C)N2C(=O)NCc1ccccc1. The molecule has 9 heteroatoms. The third-order valence-corrected chi connectivity index (χ3v) is 6.89. The van der Waals surface area contributed by atoms with Crippen LogP contribution in [0.3, 0.4) is 0 Å². The van der Waals surface area contributed by atoms with Gasteiger partial charge in [-0.15, -0.1) is 0 Å². The van der Waals surface area contributed by atoms with E-state index in [2.05, 4.69) is 5.32 Å². The van der Waals surface area contributed by atoms with Crippen LogP contribution in [-0.4, -0.2) is 82.0 Å². The maximum Gasteiger partial charge on any atom is 0.334 e. The molecular formula is C25H31N5O3S. The first kappa shape index (κ1) is 24.1. The van der Waals surface area contributed by atoms with E-state index in [0.29, 0.717) is 19.5 Å². The number of piperazine rings is 1. The first-order chi connectivity index (χ1) is 16.5. The second-order valence-corrected chi connectivity index (χ2v) is 9.57. The van der Waals surface area contributed by atoms with E-state index in [1.165, 1.54) is 0 Å². The van der Waals surface area contributed by atoms with Crippen LogP contribution in [0.5, 0.6) is 0 Å². The fraction of sp³-hybridized carbons (Fsp3) is 0.400. The van der Waals surface area contributed by atoms with E-state index in [1.54, 1.807) is 38.6 Å². The Balaban J connectivity index is 1.59. The lowest BCUT2D eigenvalue weighted by Gasteiger charge is -2.54. The summed E-state index contributed by atoms with van der Waals surface area (Å²) in [6.45, 7) is 1.14. The maximum atomic E-state index is 13.5. The minimum Gasteiger partial charge on any atom is -0.333 e. The van der Waals surface area contributed by atoms with E-state index < -0.39 is 12.2 Å². The summed E-state index contributed by atoms with van der Waals surface area (Å²) in [5.74, 6) is 0.567. The number of hydrogen-bond donors (Lipinski definition) is 1. The Kier molecular flexibility index (Phi) is 7.74. The zero-order chi connectivity index (χ0) is 24.1. The molecule has 0 spiro atoms.